The summed E-state index contributed by atoms with van der Waals surface area (Å²) in [7, 11) is 1.10. The van der Waals surface area contributed by atoms with Gasteiger partial charge in [0.15, 0.2) is 0 Å². The van der Waals surface area contributed by atoms with E-state index in [1.54, 1.807) is 17.5 Å². The van der Waals surface area contributed by atoms with Gasteiger partial charge in [0, 0.05) is 10.9 Å². The summed E-state index contributed by atoms with van der Waals surface area (Å²) < 4.78 is 4.56. The monoisotopic (exact) mass is 308 g/mol. The molecule has 0 aliphatic carbocycles. The predicted molar refractivity (Wildman–Crippen MR) is 74.4 cm³/mol. The summed E-state index contributed by atoms with van der Waals surface area (Å²) in [6.45, 7) is 0. The van der Waals surface area contributed by atoms with E-state index in [4.69, 9.17) is 0 Å². The average Bonchev–Trinajstić information content (AvgIpc) is 2.98. The van der Waals surface area contributed by atoms with E-state index < -0.39 is 27.2 Å². The zero-order chi connectivity index (χ0) is 15.6. The molecule has 9 heteroatoms. The predicted octanol–water partition coefficient (Wildman–Crippen LogP) is 3.02. The summed E-state index contributed by atoms with van der Waals surface area (Å²) in [5, 5.41) is 23.7. The lowest BCUT2D eigenvalue weighted by Gasteiger charge is -2.07. The molecule has 0 radical (unpaired) electrons. The van der Waals surface area contributed by atoms with Crippen molar-refractivity contribution < 1.29 is 19.4 Å². The van der Waals surface area contributed by atoms with Crippen LogP contribution in [0.1, 0.15) is 10.4 Å². The molecule has 0 atom stereocenters. The summed E-state index contributed by atoms with van der Waals surface area (Å²) in [4.78, 5) is 32.8. The Balaban J connectivity index is 2.84. The van der Waals surface area contributed by atoms with Crippen LogP contribution in [0.15, 0.2) is 29.6 Å². The lowest BCUT2D eigenvalue weighted by molar-refractivity contribution is -0.393. The number of esters is 1. The fraction of sp³-hybridized carbons (Fsp3) is 0.0833. The van der Waals surface area contributed by atoms with E-state index in [1.807, 2.05) is 0 Å². The Labute approximate surface area is 121 Å². The zero-order valence-corrected chi connectivity index (χ0v) is 11.5. The lowest BCUT2D eigenvalue weighted by Crippen LogP contribution is -2.07. The molecule has 2 aromatic rings. The molecule has 0 saturated heterocycles. The van der Waals surface area contributed by atoms with Gasteiger partial charge in [-0.25, -0.2) is 4.79 Å². The van der Waals surface area contributed by atoms with Crippen molar-refractivity contribution in [3.8, 4) is 10.4 Å². The van der Waals surface area contributed by atoms with Gasteiger partial charge in [-0.2, -0.15) is 0 Å². The van der Waals surface area contributed by atoms with Crippen LogP contribution < -0.4 is 0 Å². The van der Waals surface area contributed by atoms with Gasteiger partial charge in [0.1, 0.15) is 0 Å². The van der Waals surface area contributed by atoms with Crippen LogP contribution in [0, 0.1) is 20.2 Å². The number of carbonyl (C=O) groups is 1. The maximum atomic E-state index is 11.8. The van der Waals surface area contributed by atoms with Crippen LogP contribution in [0.5, 0.6) is 0 Å². The second kappa shape index (κ2) is 5.67. The number of hydrogen-bond acceptors (Lipinski definition) is 7. The zero-order valence-electron chi connectivity index (χ0n) is 10.6. The van der Waals surface area contributed by atoms with Crippen molar-refractivity contribution in [1.82, 2.24) is 0 Å². The number of non-ortho nitro benzene ring substituents is 1. The molecule has 0 fully saturated rings. The second-order valence-electron chi connectivity index (χ2n) is 3.87. The normalized spacial score (nSPS) is 10.1. The number of nitrogens with zero attached hydrogens (tertiary/aromatic N) is 2. The van der Waals surface area contributed by atoms with E-state index in [1.165, 1.54) is 11.3 Å². The van der Waals surface area contributed by atoms with Crippen LogP contribution in [0.25, 0.3) is 10.4 Å². The third-order valence-electron chi connectivity index (χ3n) is 2.68. The van der Waals surface area contributed by atoms with Crippen LogP contribution in [-0.4, -0.2) is 22.9 Å². The van der Waals surface area contributed by atoms with E-state index in [-0.39, 0.29) is 11.1 Å². The van der Waals surface area contributed by atoms with Crippen LogP contribution >= 0.6 is 11.3 Å². The van der Waals surface area contributed by atoms with E-state index in [9.17, 15) is 25.0 Å². The molecule has 0 aliphatic rings. The molecule has 1 heterocycles. The molecule has 0 spiro atoms. The number of nitro benzene ring substituents is 2. The Bertz CT molecular complexity index is 726. The Kier molecular flexibility index (Phi) is 3.94. The Morgan fingerprint density at radius 1 is 1.24 bits per heavy atom. The van der Waals surface area contributed by atoms with Gasteiger partial charge in [0.25, 0.3) is 11.4 Å². The maximum Gasteiger partial charge on any atom is 0.339 e. The number of carbonyl (C=O) groups excluding carboxylic acids is 1. The minimum Gasteiger partial charge on any atom is -0.465 e. The van der Waals surface area contributed by atoms with Crippen LogP contribution in [0.3, 0.4) is 0 Å². The molecule has 0 amide bonds. The van der Waals surface area contributed by atoms with Gasteiger partial charge in [0.2, 0.25) is 0 Å². The summed E-state index contributed by atoms with van der Waals surface area (Å²) in [6.07, 6.45) is 0. The number of benzene rings is 1. The SMILES string of the molecule is COC(=O)c1cc([N+](=O)[O-])cc([N+](=O)[O-])c1-c1cccs1. The van der Waals surface area contributed by atoms with Crippen molar-refractivity contribution in [1.29, 1.82) is 0 Å². The van der Waals surface area contributed by atoms with Crippen molar-refractivity contribution >= 4 is 28.7 Å². The van der Waals surface area contributed by atoms with Gasteiger partial charge in [-0.15, -0.1) is 11.3 Å². The number of rotatable bonds is 4. The summed E-state index contributed by atoms with van der Waals surface area (Å²) in [6, 6.07) is 5.06. The van der Waals surface area contributed by atoms with E-state index >= 15 is 0 Å². The molecule has 108 valence electrons. The molecule has 1 aromatic heterocycles. The Morgan fingerprint density at radius 2 is 1.95 bits per heavy atom. The van der Waals surface area contributed by atoms with Gasteiger partial charge in [0.05, 0.1) is 34.1 Å². The number of thiophene rings is 1. The molecule has 0 saturated carbocycles. The van der Waals surface area contributed by atoms with E-state index in [2.05, 4.69) is 4.74 Å². The molecule has 2 rings (SSSR count). The largest absolute Gasteiger partial charge is 0.465 e. The first-order chi connectivity index (χ1) is 9.95. The Hall–Kier alpha value is -2.81. The highest BCUT2D eigenvalue weighted by Crippen LogP contribution is 2.39. The van der Waals surface area contributed by atoms with Gasteiger partial charge in [-0.1, -0.05) is 6.07 Å². The first-order valence-corrected chi connectivity index (χ1v) is 6.42. The Morgan fingerprint density at radius 3 is 2.43 bits per heavy atom. The molecular weight excluding hydrogens is 300 g/mol. The molecule has 0 bridgehead atoms. The highest BCUT2D eigenvalue weighted by atomic mass is 32.1. The summed E-state index contributed by atoms with van der Waals surface area (Å²) in [5.41, 5.74) is -1.23. The topological polar surface area (TPSA) is 113 Å². The third-order valence-corrected chi connectivity index (χ3v) is 3.57. The number of ether oxygens (including phenoxy) is 1. The van der Waals surface area contributed by atoms with Crippen molar-refractivity contribution in [2.24, 2.45) is 0 Å². The van der Waals surface area contributed by atoms with Gasteiger partial charge < -0.3 is 4.74 Å². The van der Waals surface area contributed by atoms with Gasteiger partial charge in [-0.05, 0) is 11.4 Å². The van der Waals surface area contributed by atoms with E-state index in [0.717, 1.165) is 19.2 Å². The molecule has 0 aliphatic heterocycles. The fourth-order valence-corrected chi connectivity index (χ4v) is 2.61. The minimum absolute atomic E-state index is 0.0208. The quantitative estimate of drug-likeness (QED) is 0.487. The van der Waals surface area contributed by atoms with Crippen molar-refractivity contribution in [3.63, 3.8) is 0 Å². The first-order valence-electron chi connectivity index (χ1n) is 5.54. The van der Waals surface area contributed by atoms with Crippen molar-refractivity contribution in [2.75, 3.05) is 7.11 Å². The lowest BCUT2D eigenvalue weighted by atomic mass is 10.0. The molecule has 0 unspecified atom stereocenters. The average molecular weight is 308 g/mol. The first kappa shape index (κ1) is 14.6. The van der Waals surface area contributed by atoms with Gasteiger partial charge in [-0.3, -0.25) is 20.2 Å². The van der Waals surface area contributed by atoms with E-state index in [0.29, 0.717) is 4.88 Å². The molecule has 8 nitrogen and oxygen atoms in total. The second-order valence-corrected chi connectivity index (χ2v) is 4.82. The molecule has 21 heavy (non-hydrogen) atoms. The molecular formula is C12H8N2O6S. The van der Waals surface area contributed by atoms with Crippen molar-refractivity contribution in [2.45, 2.75) is 0 Å². The highest BCUT2D eigenvalue weighted by molar-refractivity contribution is 7.13. The summed E-state index contributed by atoms with van der Waals surface area (Å²) in [5.74, 6) is -0.870. The number of nitro groups is 2. The van der Waals surface area contributed by atoms with Crippen LogP contribution in [0.4, 0.5) is 11.4 Å². The van der Waals surface area contributed by atoms with Crippen molar-refractivity contribution in [3.05, 3.63) is 55.4 Å². The van der Waals surface area contributed by atoms with Crippen LogP contribution in [0.2, 0.25) is 0 Å². The maximum absolute atomic E-state index is 11.8. The number of hydrogen-bond donors (Lipinski definition) is 0. The van der Waals surface area contributed by atoms with Crippen LogP contribution in [-0.2, 0) is 4.74 Å². The minimum atomic E-state index is -0.870. The molecule has 0 N–H and O–H groups in total. The third kappa shape index (κ3) is 2.72. The standard InChI is InChI=1S/C12H8N2O6S/c1-20-12(15)8-5-7(13(16)17)6-9(14(18)19)11(8)10-3-2-4-21-10/h2-6H,1H3. The highest BCUT2D eigenvalue weighted by Gasteiger charge is 2.29. The number of methoxy groups -OCH3 is 1. The smallest absolute Gasteiger partial charge is 0.339 e. The molecule has 1 aromatic carbocycles. The van der Waals surface area contributed by atoms with Gasteiger partial charge >= 0.3 is 5.97 Å². The summed E-state index contributed by atoms with van der Waals surface area (Å²) >= 11 is 1.18. The fourth-order valence-electron chi connectivity index (χ4n) is 1.81.